The zero-order valence-corrected chi connectivity index (χ0v) is 16.7. The standard InChI is InChI=1S/C23H22N4O4/c24-13-16-5-9-18(10-6-16)17-7-3-15(4-8-17)12-19(14-25)26-21(28)22-27-20(23(29)30)2-1-11-31-22/h3-10,19-20,22,27H,1-2,11-12H2,(H,26,28)(H,29,30)/t19-,20?,22?/m0/s1. The Morgan fingerprint density at radius 1 is 1.13 bits per heavy atom. The highest BCUT2D eigenvalue weighted by molar-refractivity contribution is 5.82. The molecule has 31 heavy (non-hydrogen) atoms. The van der Waals surface area contributed by atoms with E-state index in [1.165, 1.54) is 0 Å². The zero-order chi connectivity index (χ0) is 22.2. The topological polar surface area (TPSA) is 135 Å². The Bertz CT molecular complexity index is 1010. The molecule has 3 N–H and O–H groups in total. The fourth-order valence-electron chi connectivity index (χ4n) is 3.33. The van der Waals surface area contributed by atoms with E-state index in [2.05, 4.69) is 22.8 Å². The second kappa shape index (κ2) is 10.4. The number of carboxylic acid groups (broad SMARTS) is 1. The largest absolute Gasteiger partial charge is 0.480 e. The van der Waals surface area contributed by atoms with Gasteiger partial charge in [0, 0.05) is 13.0 Å². The minimum absolute atomic E-state index is 0.267. The van der Waals surface area contributed by atoms with Crippen LogP contribution in [0.15, 0.2) is 48.5 Å². The van der Waals surface area contributed by atoms with Crippen LogP contribution in [0.1, 0.15) is 24.0 Å². The number of rotatable bonds is 6. The third-order valence-corrected chi connectivity index (χ3v) is 5.02. The van der Waals surface area contributed by atoms with Crippen molar-refractivity contribution in [2.75, 3.05) is 6.61 Å². The highest BCUT2D eigenvalue weighted by atomic mass is 16.5. The molecule has 8 nitrogen and oxygen atoms in total. The summed E-state index contributed by atoms with van der Waals surface area (Å²) in [7, 11) is 0. The SMILES string of the molecule is N#Cc1ccc(-c2ccc(C[C@@H](C#N)NC(=O)C3NC(C(=O)O)CCCO3)cc2)cc1. The quantitative estimate of drug-likeness (QED) is 0.652. The number of nitrogens with zero attached hydrogens (tertiary/aromatic N) is 2. The van der Waals surface area contributed by atoms with E-state index in [1.54, 1.807) is 12.1 Å². The summed E-state index contributed by atoms with van der Waals surface area (Å²) in [5.74, 6) is -1.60. The fourth-order valence-corrected chi connectivity index (χ4v) is 3.33. The molecule has 1 aliphatic heterocycles. The summed E-state index contributed by atoms with van der Waals surface area (Å²) >= 11 is 0. The summed E-state index contributed by atoms with van der Waals surface area (Å²) in [5.41, 5.74) is 3.40. The van der Waals surface area contributed by atoms with Crippen LogP contribution in [0.4, 0.5) is 0 Å². The van der Waals surface area contributed by atoms with Crippen molar-refractivity contribution in [3.8, 4) is 23.3 Å². The summed E-state index contributed by atoms with van der Waals surface area (Å²) in [6, 6.07) is 17.3. The van der Waals surface area contributed by atoms with Crippen LogP contribution in [0.25, 0.3) is 11.1 Å². The van der Waals surface area contributed by atoms with Gasteiger partial charge in [-0.1, -0.05) is 36.4 Å². The Balaban J connectivity index is 1.61. The number of ether oxygens (including phenoxy) is 1. The first-order chi connectivity index (χ1) is 15.0. The molecule has 1 amide bonds. The highest BCUT2D eigenvalue weighted by Gasteiger charge is 2.30. The molecule has 0 aromatic heterocycles. The van der Waals surface area contributed by atoms with Crippen LogP contribution in [0.5, 0.6) is 0 Å². The molecular formula is C23H22N4O4. The smallest absolute Gasteiger partial charge is 0.320 e. The summed E-state index contributed by atoms with van der Waals surface area (Å²) in [6.07, 6.45) is 0.0800. The molecule has 2 aromatic rings. The van der Waals surface area contributed by atoms with Gasteiger partial charge in [-0.25, -0.2) is 0 Å². The van der Waals surface area contributed by atoms with E-state index < -0.39 is 30.2 Å². The molecule has 0 saturated carbocycles. The van der Waals surface area contributed by atoms with E-state index in [1.807, 2.05) is 36.4 Å². The van der Waals surface area contributed by atoms with Gasteiger partial charge in [0.1, 0.15) is 12.1 Å². The lowest BCUT2D eigenvalue weighted by molar-refractivity contribution is -0.142. The number of hydrogen-bond donors (Lipinski definition) is 3. The van der Waals surface area contributed by atoms with Gasteiger partial charge in [-0.15, -0.1) is 0 Å². The monoisotopic (exact) mass is 418 g/mol. The average molecular weight is 418 g/mol. The molecule has 1 fully saturated rings. The number of carboxylic acids is 1. The Morgan fingerprint density at radius 2 is 1.77 bits per heavy atom. The molecule has 2 aromatic carbocycles. The van der Waals surface area contributed by atoms with Crippen molar-refractivity contribution in [1.82, 2.24) is 10.6 Å². The average Bonchev–Trinajstić information content (AvgIpc) is 3.06. The van der Waals surface area contributed by atoms with Gasteiger partial charge in [-0.2, -0.15) is 10.5 Å². The van der Waals surface area contributed by atoms with Crippen molar-refractivity contribution in [2.24, 2.45) is 0 Å². The predicted octanol–water partition coefficient (Wildman–Crippen LogP) is 1.96. The number of aliphatic carboxylic acids is 1. The van der Waals surface area contributed by atoms with Crippen molar-refractivity contribution in [1.29, 1.82) is 10.5 Å². The van der Waals surface area contributed by atoms with Crippen LogP contribution >= 0.6 is 0 Å². The third-order valence-electron chi connectivity index (χ3n) is 5.02. The number of benzene rings is 2. The van der Waals surface area contributed by atoms with E-state index in [0.29, 0.717) is 24.8 Å². The molecular weight excluding hydrogens is 396 g/mol. The summed E-state index contributed by atoms with van der Waals surface area (Å²) in [5, 5.41) is 32.9. The van der Waals surface area contributed by atoms with E-state index in [0.717, 1.165) is 16.7 Å². The fraction of sp³-hybridized carbons (Fsp3) is 0.304. The minimum atomic E-state index is -1.11. The molecule has 0 bridgehead atoms. The lowest BCUT2D eigenvalue weighted by Crippen LogP contribution is -2.53. The maximum atomic E-state index is 12.5. The number of nitrogens with one attached hydrogen (secondary N) is 2. The van der Waals surface area contributed by atoms with E-state index in [9.17, 15) is 20.0 Å². The maximum Gasteiger partial charge on any atom is 0.320 e. The normalized spacial score (nSPS) is 19.3. The van der Waals surface area contributed by atoms with Gasteiger partial charge in [-0.3, -0.25) is 14.9 Å². The molecule has 2 unspecified atom stereocenters. The van der Waals surface area contributed by atoms with Crippen LogP contribution in [0.2, 0.25) is 0 Å². The Morgan fingerprint density at radius 3 is 2.35 bits per heavy atom. The van der Waals surface area contributed by atoms with Gasteiger partial charge in [0.05, 0.1) is 17.7 Å². The van der Waals surface area contributed by atoms with Crippen LogP contribution in [-0.4, -0.2) is 41.9 Å². The summed E-state index contributed by atoms with van der Waals surface area (Å²) in [6.45, 7) is 0.267. The van der Waals surface area contributed by atoms with Gasteiger partial charge in [0.25, 0.3) is 5.91 Å². The molecule has 8 heteroatoms. The van der Waals surface area contributed by atoms with Gasteiger partial charge in [0.2, 0.25) is 0 Å². The van der Waals surface area contributed by atoms with Crippen LogP contribution < -0.4 is 10.6 Å². The van der Waals surface area contributed by atoms with E-state index in [4.69, 9.17) is 10.00 Å². The zero-order valence-electron chi connectivity index (χ0n) is 16.7. The molecule has 158 valence electrons. The predicted molar refractivity (Wildman–Crippen MR) is 111 cm³/mol. The highest BCUT2D eigenvalue weighted by Crippen LogP contribution is 2.21. The number of carbonyl (C=O) groups is 2. The van der Waals surface area contributed by atoms with Crippen molar-refractivity contribution >= 4 is 11.9 Å². The molecule has 0 spiro atoms. The summed E-state index contributed by atoms with van der Waals surface area (Å²) in [4.78, 5) is 23.7. The van der Waals surface area contributed by atoms with Crippen molar-refractivity contribution in [3.05, 3.63) is 59.7 Å². The molecule has 3 rings (SSSR count). The molecule has 3 atom stereocenters. The molecule has 1 aliphatic rings. The number of hydrogen-bond acceptors (Lipinski definition) is 6. The first-order valence-corrected chi connectivity index (χ1v) is 9.90. The molecule has 1 saturated heterocycles. The van der Waals surface area contributed by atoms with Gasteiger partial charge >= 0.3 is 5.97 Å². The van der Waals surface area contributed by atoms with Gasteiger partial charge in [-0.05, 0) is 41.7 Å². The molecule has 1 heterocycles. The second-order valence-electron chi connectivity index (χ2n) is 7.23. The third kappa shape index (κ3) is 5.89. The van der Waals surface area contributed by atoms with Crippen LogP contribution in [0.3, 0.4) is 0 Å². The van der Waals surface area contributed by atoms with Gasteiger partial charge in [0.15, 0.2) is 6.23 Å². The number of amides is 1. The summed E-state index contributed by atoms with van der Waals surface area (Å²) < 4.78 is 5.41. The maximum absolute atomic E-state index is 12.5. The van der Waals surface area contributed by atoms with Crippen molar-refractivity contribution in [3.63, 3.8) is 0 Å². The molecule has 0 aliphatic carbocycles. The first kappa shape index (κ1) is 22.0. The van der Waals surface area contributed by atoms with E-state index in [-0.39, 0.29) is 6.61 Å². The Hall–Kier alpha value is -3.72. The number of carbonyl (C=O) groups excluding carboxylic acids is 1. The lowest BCUT2D eigenvalue weighted by atomic mass is 10.00. The molecule has 0 radical (unpaired) electrons. The Labute approximate surface area is 180 Å². The minimum Gasteiger partial charge on any atom is -0.480 e. The van der Waals surface area contributed by atoms with Crippen LogP contribution in [-0.2, 0) is 20.7 Å². The van der Waals surface area contributed by atoms with Crippen molar-refractivity contribution < 1.29 is 19.4 Å². The second-order valence-corrected chi connectivity index (χ2v) is 7.23. The number of nitriles is 2. The first-order valence-electron chi connectivity index (χ1n) is 9.90. The van der Waals surface area contributed by atoms with Crippen LogP contribution in [0, 0.1) is 22.7 Å². The van der Waals surface area contributed by atoms with Gasteiger partial charge < -0.3 is 15.2 Å². The van der Waals surface area contributed by atoms with E-state index >= 15 is 0 Å². The Kier molecular flexibility index (Phi) is 7.34. The lowest BCUT2D eigenvalue weighted by Gasteiger charge is -2.21. The van der Waals surface area contributed by atoms with Crippen molar-refractivity contribution in [2.45, 2.75) is 37.6 Å².